The number of esters is 2. The Kier molecular flexibility index (Phi) is 15.3. The van der Waals surface area contributed by atoms with E-state index in [-0.39, 0.29) is 33.6 Å². The van der Waals surface area contributed by atoms with E-state index in [9.17, 15) is 19.8 Å². The van der Waals surface area contributed by atoms with Crippen LogP contribution in [0.2, 0.25) is 0 Å². The van der Waals surface area contributed by atoms with Crippen LogP contribution in [-0.4, -0.2) is 46.9 Å². The summed E-state index contributed by atoms with van der Waals surface area (Å²) in [6.45, 7) is 26.0. The van der Waals surface area contributed by atoms with Gasteiger partial charge in [0, 0.05) is 11.5 Å². The highest BCUT2D eigenvalue weighted by molar-refractivity contribution is 8.76. The number of hydrogen-bond donors (Lipinski definition) is 2. The van der Waals surface area contributed by atoms with Gasteiger partial charge < -0.3 is 19.7 Å². The van der Waals surface area contributed by atoms with Gasteiger partial charge in [0.25, 0.3) is 0 Å². The lowest BCUT2D eigenvalue weighted by Gasteiger charge is -2.28. The highest BCUT2D eigenvalue weighted by atomic mass is 33.1. The Bertz CT molecular complexity index is 1190. The SMILES string of the molecule is CC(C)(C)c1cc(CCCOC(=O)CCSSCCC(=O)OCCCc2cc(C(C)(C)C)c(O)c(C(C)(C)C)c2)cc(C(C)(C)C)c1O. The Morgan fingerprint density at radius 3 is 1.06 bits per heavy atom. The predicted molar refractivity (Wildman–Crippen MR) is 204 cm³/mol. The Hall–Kier alpha value is -2.32. The molecule has 0 saturated carbocycles. The molecule has 2 rings (SSSR count). The van der Waals surface area contributed by atoms with Crippen molar-refractivity contribution in [1.29, 1.82) is 0 Å². The van der Waals surface area contributed by atoms with Crippen LogP contribution < -0.4 is 0 Å². The molecule has 6 nitrogen and oxygen atoms in total. The maximum Gasteiger partial charge on any atom is 0.306 e. The fraction of sp³-hybridized carbons (Fsp3) is 0.650. The molecule has 0 aliphatic rings. The summed E-state index contributed by atoms with van der Waals surface area (Å²) in [6.07, 6.45) is 3.64. The van der Waals surface area contributed by atoms with Gasteiger partial charge in [-0.2, -0.15) is 0 Å². The van der Waals surface area contributed by atoms with Crippen molar-refractivity contribution in [3.63, 3.8) is 0 Å². The van der Waals surface area contributed by atoms with Crippen LogP contribution in [0.15, 0.2) is 24.3 Å². The molecule has 8 heteroatoms. The van der Waals surface area contributed by atoms with Crippen LogP contribution in [0.25, 0.3) is 0 Å². The summed E-state index contributed by atoms with van der Waals surface area (Å²) in [4.78, 5) is 24.5. The molecule has 0 fully saturated rings. The second kappa shape index (κ2) is 17.6. The number of aromatic hydroxyl groups is 2. The van der Waals surface area contributed by atoms with E-state index in [1.165, 1.54) is 0 Å². The third kappa shape index (κ3) is 13.5. The fourth-order valence-electron chi connectivity index (χ4n) is 5.40. The van der Waals surface area contributed by atoms with Crippen molar-refractivity contribution in [2.75, 3.05) is 24.7 Å². The first-order valence-electron chi connectivity index (χ1n) is 17.3. The van der Waals surface area contributed by atoms with Crippen LogP contribution >= 0.6 is 21.6 Å². The first-order chi connectivity index (χ1) is 22.0. The molecule has 2 aromatic rings. The summed E-state index contributed by atoms with van der Waals surface area (Å²) in [5.74, 6) is 1.58. The third-order valence-electron chi connectivity index (χ3n) is 8.18. The minimum absolute atomic E-state index is 0.175. The monoisotopic (exact) mass is 702 g/mol. The standard InChI is InChI=1S/C40H62O6S2/c1-37(2,3)29-23-27(24-30(35(29)43)38(4,5)6)15-13-19-45-33(41)17-21-47-48-22-18-34(42)46-20-14-16-28-25-31(39(7,8)9)36(44)32(26-28)40(10,11)12/h23-26,43-44H,13-22H2,1-12H3. The van der Waals surface area contributed by atoms with Gasteiger partial charge >= 0.3 is 11.9 Å². The molecule has 0 atom stereocenters. The summed E-state index contributed by atoms with van der Waals surface area (Å²) in [7, 11) is 3.13. The molecule has 0 heterocycles. The van der Waals surface area contributed by atoms with Gasteiger partial charge in [-0.1, -0.05) is 129 Å². The molecule has 0 saturated heterocycles. The maximum absolute atomic E-state index is 12.2. The molecule has 2 N–H and O–H groups in total. The van der Waals surface area contributed by atoms with Crippen molar-refractivity contribution in [3.8, 4) is 11.5 Å². The van der Waals surface area contributed by atoms with Gasteiger partial charge in [-0.05, 0) is 80.7 Å². The Balaban J connectivity index is 1.65. The highest BCUT2D eigenvalue weighted by Crippen LogP contribution is 2.41. The number of ether oxygens (including phenoxy) is 2. The molecule has 0 bridgehead atoms. The van der Waals surface area contributed by atoms with Crippen LogP contribution in [0, 0.1) is 0 Å². The zero-order valence-electron chi connectivity index (χ0n) is 31.7. The van der Waals surface area contributed by atoms with Gasteiger partial charge in [0.05, 0.1) is 26.1 Å². The van der Waals surface area contributed by atoms with Crippen molar-refractivity contribution >= 4 is 33.5 Å². The lowest BCUT2D eigenvalue weighted by Crippen LogP contribution is -2.18. The van der Waals surface area contributed by atoms with Crippen LogP contribution in [0.3, 0.4) is 0 Å². The first-order valence-corrected chi connectivity index (χ1v) is 19.8. The summed E-state index contributed by atoms with van der Waals surface area (Å²) >= 11 is 0. The molecule has 270 valence electrons. The average molecular weight is 703 g/mol. The molecule has 2 aromatic carbocycles. The lowest BCUT2D eigenvalue weighted by molar-refractivity contribution is -0.144. The fourth-order valence-corrected chi connectivity index (χ4v) is 7.34. The summed E-state index contributed by atoms with van der Waals surface area (Å²) in [5, 5.41) is 21.9. The molecular weight excluding hydrogens is 641 g/mol. The van der Waals surface area contributed by atoms with Crippen molar-refractivity contribution in [2.24, 2.45) is 0 Å². The molecule has 0 aliphatic heterocycles. The van der Waals surface area contributed by atoms with Crippen LogP contribution in [0.1, 0.15) is 142 Å². The second-order valence-corrected chi connectivity index (χ2v) is 19.6. The lowest BCUT2D eigenvalue weighted by atomic mass is 9.78. The Morgan fingerprint density at radius 1 is 0.542 bits per heavy atom. The molecular formula is C40H62O6S2. The largest absolute Gasteiger partial charge is 0.507 e. The number of carbonyl (C=O) groups excluding carboxylic acids is 2. The van der Waals surface area contributed by atoms with E-state index in [0.29, 0.717) is 49.1 Å². The van der Waals surface area contributed by atoms with E-state index in [4.69, 9.17) is 9.47 Å². The van der Waals surface area contributed by atoms with Gasteiger partial charge in [-0.25, -0.2) is 0 Å². The van der Waals surface area contributed by atoms with Crippen molar-refractivity contribution < 1.29 is 29.3 Å². The zero-order valence-corrected chi connectivity index (χ0v) is 33.4. The molecule has 48 heavy (non-hydrogen) atoms. The Labute approximate surface area is 298 Å². The van der Waals surface area contributed by atoms with E-state index in [1.54, 1.807) is 21.6 Å². The molecule has 0 unspecified atom stereocenters. The predicted octanol–water partition coefficient (Wildman–Crippen LogP) is 10.1. The van der Waals surface area contributed by atoms with E-state index in [2.05, 4.69) is 107 Å². The maximum atomic E-state index is 12.2. The number of rotatable bonds is 15. The van der Waals surface area contributed by atoms with Crippen molar-refractivity contribution in [2.45, 2.75) is 143 Å². The number of aryl methyl sites for hydroxylation is 2. The quantitative estimate of drug-likeness (QED) is 0.108. The third-order valence-corrected chi connectivity index (χ3v) is 10.6. The molecule has 0 radical (unpaired) electrons. The van der Waals surface area contributed by atoms with E-state index in [0.717, 1.165) is 59.1 Å². The average Bonchev–Trinajstić information content (AvgIpc) is 2.94. The van der Waals surface area contributed by atoms with Gasteiger partial charge in [0.1, 0.15) is 11.5 Å². The topological polar surface area (TPSA) is 93.1 Å². The molecule has 0 spiro atoms. The number of hydrogen-bond acceptors (Lipinski definition) is 8. The van der Waals surface area contributed by atoms with Gasteiger partial charge in [-0.3, -0.25) is 9.59 Å². The van der Waals surface area contributed by atoms with Crippen molar-refractivity contribution in [3.05, 3.63) is 57.6 Å². The molecule has 0 amide bonds. The van der Waals surface area contributed by atoms with Crippen molar-refractivity contribution in [1.82, 2.24) is 0 Å². The van der Waals surface area contributed by atoms with Crippen LogP contribution in [0.5, 0.6) is 11.5 Å². The number of benzene rings is 2. The van der Waals surface area contributed by atoms with Gasteiger partial charge in [0.2, 0.25) is 0 Å². The highest BCUT2D eigenvalue weighted by Gasteiger charge is 2.28. The molecule has 0 aromatic heterocycles. The normalized spacial score (nSPS) is 12.7. The minimum atomic E-state index is -0.211. The zero-order chi connectivity index (χ0) is 36.5. The van der Waals surface area contributed by atoms with Gasteiger partial charge in [0.15, 0.2) is 0 Å². The summed E-state index contributed by atoms with van der Waals surface area (Å²) in [6, 6.07) is 8.33. The first kappa shape index (κ1) is 41.8. The number of carbonyl (C=O) groups is 2. The smallest absolute Gasteiger partial charge is 0.306 e. The summed E-state index contributed by atoms with van der Waals surface area (Å²) < 4.78 is 10.9. The number of phenolic OH excluding ortho intramolecular Hbond substituents is 2. The Morgan fingerprint density at radius 2 is 0.812 bits per heavy atom. The summed E-state index contributed by atoms with van der Waals surface area (Å²) in [5.41, 5.74) is 5.37. The van der Waals surface area contributed by atoms with E-state index in [1.807, 2.05) is 0 Å². The number of phenols is 2. The van der Waals surface area contributed by atoms with Gasteiger partial charge in [-0.15, -0.1) is 0 Å². The second-order valence-electron chi connectivity index (χ2n) is 16.9. The minimum Gasteiger partial charge on any atom is -0.507 e. The van der Waals surface area contributed by atoms with Crippen LogP contribution in [-0.2, 0) is 53.6 Å². The van der Waals surface area contributed by atoms with E-state index < -0.39 is 0 Å². The van der Waals surface area contributed by atoms with Crippen LogP contribution in [0.4, 0.5) is 0 Å². The molecule has 0 aliphatic carbocycles. The van der Waals surface area contributed by atoms with E-state index >= 15 is 0 Å².